The second-order valence-corrected chi connectivity index (χ2v) is 4.48. The highest BCUT2D eigenvalue weighted by molar-refractivity contribution is 5.94. The SMILES string of the molecule is CNC(Cc1cccc(C(=O)NCCCN)c1)C(=O)O. The van der Waals surface area contributed by atoms with Crippen molar-refractivity contribution in [2.75, 3.05) is 20.1 Å². The molecule has 0 aliphatic rings. The molecule has 0 heterocycles. The first-order valence-corrected chi connectivity index (χ1v) is 6.55. The van der Waals surface area contributed by atoms with E-state index in [-0.39, 0.29) is 5.91 Å². The molecule has 0 aromatic heterocycles. The van der Waals surface area contributed by atoms with Gasteiger partial charge in [-0.15, -0.1) is 0 Å². The summed E-state index contributed by atoms with van der Waals surface area (Å²) in [5.41, 5.74) is 6.69. The first kappa shape index (κ1) is 16.1. The number of nitrogens with two attached hydrogens (primary N) is 1. The van der Waals surface area contributed by atoms with Crippen LogP contribution in [0.4, 0.5) is 0 Å². The summed E-state index contributed by atoms with van der Waals surface area (Å²) in [5, 5.41) is 14.5. The zero-order valence-electron chi connectivity index (χ0n) is 11.6. The summed E-state index contributed by atoms with van der Waals surface area (Å²) in [7, 11) is 1.60. The molecule has 6 heteroatoms. The van der Waals surface area contributed by atoms with E-state index in [0.29, 0.717) is 25.1 Å². The van der Waals surface area contributed by atoms with Crippen LogP contribution in [0.5, 0.6) is 0 Å². The molecule has 0 bridgehead atoms. The predicted molar refractivity (Wildman–Crippen MR) is 76.6 cm³/mol. The van der Waals surface area contributed by atoms with Crippen LogP contribution in [0.2, 0.25) is 0 Å². The summed E-state index contributed by atoms with van der Waals surface area (Å²) in [6.45, 7) is 1.07. The second-order valence-electron chi connectivity index (χ2n) is 4.48. The number of hydrogen-bond donors (Lipinski definition) is 4. The van der Waals surface area contributed by atoms with E-state index in [1.807, 2.05) is 6.07 Å². The van der Waals surface area contributed by atoms with E-state index in [4.69, 9.17) is 10.8 Å². The lowest BCUT2D eigenvalue weighted by molar-refractivity contribution is -0.139. The Hall–Kier alpha value is -1.92. The highest BCUT2D eigenvalue weighted by Gasteiger charge is 2.16. The molecule has 0 radical (unpaired) electrons. The van der Waals surface area contributed by atoms with Crippen LogP contribution in [0.1, 0.15) is 22.3 Å². The zero-order valence-corrected chi connectivity index (χ0v) is 11.6. The number of rotatable bonds is 8. The Balaban J connectivity index is 2.70. The summed E-state index contributed by atoms with van der Waals surface area (Å²) in [6.07, 6.45) is 1.06. The third kappa shape index (κ3) is 4.99. The Bertz CT molecular complexity index is 463. The average Bonchev–Trinajstić information content (AvgIpc) is 2.45. The number of carbonyl (C=O) groups excluding carboxylic acids is 1. The molecular weight excluding hydrogens is 258 g/mol. The van der Waals surface area contributed by atoms with Crippen LogP contribution >= 0.6 is 0 Å². The number of amides is 1. The Morgan fingerprint density at radius 1 is 1.40 bits per heavy atom. The van der Waals surface area contributed by atoms with Gasteiger partial charge in [-0.05, 0) is 44.1 Å². The Morgan fingerprint density at radius 3 is 2.75 bits per heavy atom. The number of aliphatic carboxylic acids is 1. The Labute approximate surface area is 118 Å². The van der Waals surface area contributed by atoms with Crippen LogP contribution in [0.15, 0.2) is 24.3 Å². The number of benzene rings is 1. The number of likely N-dealkylation sites (N-methyl/N-ethyl adjacent to an activating group) is 1. The minimum Gasteiger partial charge on any atom is -0.480 e. The van der Waals surface area contributed by atoms with Gasteiger partial charge in [0.15, 0.2) is 0 Å². The molecule has 0 saturated carbocycles. The maximum atomic E-state index is 11.9. The predicted octanol–water partition coefficient (Wildman–Crippen LogP) is -0.0197. The maximum Gasteiger partial charge on any atom is 0.321 e. The number of carboxylic acid groups (broad SMARTS) is 1. The van der Waals surface area contributed by atoms with Crippen LogP contribution in [0, 0.1) is 0 Å². The fourth-order valence-corrected chi connectivity index (χ4v) is 1.79. The van der Waals surface area contributed by atoms with E-state index in [2.05, 4.69) is 10.6 Å². The van der Waals surface area contributed by atoms with Crippen molar-refractivity contribution in [2.24, 2.45) is 5.73 Å². The third-order valence-corrected chi connectivity index (χ3v) is 2.94. The Kier molecular flexibility index (Phi) is 6.69. The van der Waals surface area contributed by atoms with Gasteiger partial charge in [0.1, 0.15) is 6.04 Å². The van der Waals surface area contributed by atoms with Gasteiger partial charge in [-0.1, -0.05) is 12.1 Å². The lowest BCUT2D eigenvalue weighted by Gasteiger charge is -2.12. The van der Waals surface area contributed by atoms with Crippen LogP contribution in [-0.2, 0) is 11.2 Å². The van der Waals surface area contributed by atoms with E-state index in [1.165, 1.54) is 0 Å². The summed E-state index contributed by atoms with van der Waals surface area (Å²) < 4.78 is 0. The van der Waals surface area contributed by atoms with Crippen molar-refractivity contribution in [3.05, 3.63) is 35.4 Å². The van der Waals surface area contributed by atoms with E-state index in [9.17, 15) is 9.59 Å². The molecule has 0 saturated heterocycles. The standard InChI is InChI=1S/C14H21N3O3/c1-16-12(14(19)20)9-10-4-2-5-11(8-10)13(18)17-7-3-6-15/h2,4-5,8,12,16H,3,6-7,9,15H2,1H3,(H,17,18)(H,19,20). The molecule has 0 spiro atoms. The summed E-state index contributed by atoms with van der Waals surface area (Å²) in [6, 6.07) is 6.32. The molecule has 5 N–H and O–H groups in total. The van der Waals surface area contributed by atoms with Crippen LogP contribution in [0.25, 0.3) is 0 Å². The zero-order chi connectivity index (χ0) is 15.0. The minimum atomic E-state index is -0.912. The molecule has 110 valence electrons. The van der Waals surface area contributed by atoms with Crippen molar-refractivity contribution in [1.82, 2.24) is 10.6 Å². The number of carboxylic acids is 1. The molecule has 1 rings (SSSR count). The summed E-state index contributed by atoms with van der Waals surface area (Å²) >= 11 is 0. The van der Waals surface area contributed by atoms with Gasteiger partial charge >= 0.3 is 5.97 Å². The topological polar surface area (TPSA) is 104 Å². The van der Waals surface area contributed by atoms with E-state index in [0.717, 1.165) is 12.0 Å². The molecule has 1 atom stereocenters. The summed E-state index contributed by atoms with van der Waals surface area (Å²) in [5.74, 6) is -1.08. The van der Waals surface area contributed by atoms with Gasteiger partial charge in [-0.2, -0.15) is 0 Å². The normalized spacial score (nSPS) is 11.9. The lowest BCUT2D eigenvalue weighted by atomic mass is 10.0. The molecule has 6 nitrogen and oxygen atoms in total. The fourth-order valence-electron chi connectivity index (χ4n) is 1.79. The molecule has 20 heavy (non-hydrogen) atoms. The molecule has 0 aliphatic carbocycles. The summed E-state index contributed by atoms with van der Waals surface area (Å²) in [4.78, 5) is 22.9. The van der Waals surface area contributed by atoms with Gasteiger partial charge in [-0.3, -0.25) is 9.59 Å². The average molecular weight is 279 g/mol. The van der Waals surface area contributed by atoms with Crippen molar-refractivity contribution < 1.29 is 14.7 Å². The van der Waals surface area contributed by atoms with Crippen molar-refractivity contribution in [3.63, 3.8) is 0 Å². The largest absolute Gasteiger partial charge is 0.480 e. The van der Waals surface area contributed by atoms with Crippen molar-refractivity contribution in [2.45, 2.75) is 18.9 Å². The maximum absolute atomic E-state index is 11.9. The van der Waals surface area contributed by atoms with Crippen LogP contribution < -0.4 is 16.4 Å². The molecule has 0 fully saturated rings. The molecule has 0 aliphatic heterocycles. The monoisotopic (exact) mass is 279 g/mol. The van der Waals surface area contributed by atoms with Gasteiger partial charge in [0, 0.05) is 12.1 Å². The number of carbonyl (C=O) groups is 2. The quantitative estimate of drug-likeness (QED) is 0.501. The fraction of sp³-hybridized carbons (Fsp3) is 0.429. The molecule has 1 aromatic rings. The highest BCUT2D eigenvalue weighted by atomic mass is 16.4. The van der Waals surface area contributed by atoms with Crippen LogP contribution in [0.3, 0.4) is 0 Å². The van der Waals surface area contributed by atoms with E-state index < -0.39 is 12.0 Å². The van der Waals surface area contributed by atoms with E-state index in [1.54, 1.807) is 25.2 Å². The lowest BCUT2D eigenvalue weighted by Crippen LogP contribution is -2.35. The van der Waals surface area contributed by atoms with Gasteiger partial charge in [0.05, 0.1) is 0 Å². The first-order chi connectivity index (χ1) is 9.58. The van der Waals surface area contributed by atoms with Gasteiger partial charge in [0.25, 0.3) is 5.91 Å². The van der Waals surface area contributed by atoms with Gasteiger partial charge in [-0.25, -0.2) is 0 Å². The number of nitrogens with one attached hydrogen (secondary N) is 2. The molecule has 1 amide bonds. The van der Waals surface area contributed by atoms with Gasteiger partial charge in [0.2, 0.25) is 0 Å². The highest BCUT2D eigenvalue weighted by Crippen LogP contribution is 2.08. The molecule has 1 aromatic carbocycles. The second kappa shape index (κ2) is 8.29. The molecular formula is C14H21N3O3. The van der Waals surface area contributed by atoms with Crippen molar-refractivity contribution in [3.8, 4) is 0 Å². The first-order valence-electron chi connectivity index (χ1n) is 6.55. The third-order valence-electron chi connectivity index (χ3n) is 2.94. The van der Waals surface area contributed by atoms with Crippen molar-refractivity contribution in [1.29, 1.82) is 0 Å². The van der Waals surface area contributed by atoms with Gasteiger partial charge < -0.3 is 21.5 Å². The Morgan fingerprint density at radius 2 is 2.15 bits per heavy atom. The smallest absolute Gasteiger partial charge is 0.321 e. The van der Waals surface area contributed by atoms with Crippen LogP contribution in [-0.4, -0.2) is 43.2 Å². The number of hydrogen-bond acceptors (Lipinski definition) is 4. The molecule has 1 unspecified atom stereocenters. The minimum absolute atomic E-state index is 0.170. The van der Waals surface area contributed by atoms with E-state index >= 15 is 0 Å². The van der Waals surface area contributed by atoms with Crippen molar-refractivity contribution >= 4 is 11.9 Å².